The highest BCUT2D eigenvalue weighted by molar-refractivity contribution is 5.77. The Morgan fingerprint density at radius 3 is 2.53 bits per heavy atom. The lowest BCUT2D eigenvalue weighted by Gasteiger charge is -2.31. The van der Waals surface area contributed by atoms with E-state index < -0.39 is 11.5 Å². The van der Waals surface area contributed by atoms with Gasteiger partial charge in [0.1, 0.15) is 11.4 Å². The fourth-order valence-corrected chi connectivity index (χ4v) is 1.43. The van der Waals surface area contributed by atoms with Crippen LogP contribution in [-0.2, 0) is 11.2 Å². The van der Waals surface area contributed by atoms with Gasteiger partial charge in [-0.3, -0.25) is 9.69 Å². The van der Waals surface area contributed by atoms with E-state index in [1.54, 1.807) is 44.0 Å². The summed E-state index contributed by atoms with van der Waals surface area (Å²) in [6, 6.07) is 6.55. The van der Waals surface area contributed by atoms with Crippen molar-refractivity contribution in [2.45, 2.75) is 25.8 Å². The largest absolute Gasteiger partial charge is 0.480 e. The molecule has 0 bridgehead atoms. The third-order valence-corrected chi connectivity index (χ3v) is 3.15. The maximum Gasteiger partial charge on any atom is 0.323 e. The number of hydrogen-bond donors (Lipinski definition) is 1. The molecule has 0 spiro atoms. The van der Waals surface area contributed by atoms with Crippen LogP contribution in [0, 0.1) is 5.82 Å². The second kappa shape index (κ2) is 5.27. The number of benzene rings is 1. The number of likely N-dealkylation sites (N-methyl/N-ethyl adjacent to an activating group) is 1. The quantitative estimate of drug-likeness (QED) is 0.856. The van der Waals surface area contributed by atoms with Gasteiger partial charge in [-0.25, -0.2) is 4.39 Å². The van der Waals surface area contributed by atoms with E-state index in [9.17, 15) is 9.18 Å². The van der Waals surface area contributed by atoms with E-state index in [2.05, 4.69) is 0 Å². The van der Waals surface area contributed by atoms with Gasteiger partial charge >= 0.3 is 5.97 Å². The van der Waals surface area contributed by atoms with E-state index in [-0.39, 0.29) is 5.82 Å². The lowest BCUT2D eigenvalue weighted by molar-refractivity contribution is -0.148. The van der Waals surface area contributed by atoms with E-state index in [4.69, 9.17) is 5.11 Å². The standard InChI is InChI=1S/C13H18FNO2/c1-13(2,12(16)17)15(3)9-8-10-6-4-5-7-11(10)14/h4-7H,8-9H2,1-3H3,(H,16,17). The summed E-state index contributed by atoms with van der Waals surface area (Å²) in [4.78, 5) is 12.7. The molecule has 0 aliphatic rings. The molecule has 0 radical (unpaired) electrons. The molecule has 0 amide bonds. The van der Waals surface area contributed by atoms with Crippen molar-refractivity contribution in [2.75, 3.05) is 13.6 Å². The van der Waals surface area contributed by atoms with Crippen LogP contribution in [0.15, 0.2) is 24.3 Å². The van der Waals surface area contributed by atoms with E-state index in [1.165, 1.54) is 6.07 Å². The van der Waals surface area contributed by atoms with E-state index in [0.717, 1.165) is 0 Å². The van der Waals surface area contributed by atoms with Crippen molar-refractivity contribution < 1.29 is 14.3 Å². The summed E-state index contributed by atoms with van der Waals surface area (Å²) in [5.41, 5.74) is -0.328. The molecule has 3 nitrogen and oxygen atoms in total. The second-order valence-corrected chi connectivity index (χ2v) is 4.63. The van der Waals surface area contributed by atoms with E-state index in [1.807, 2.05) is 0 Å². The van der Waals surface area contributed by atoms with Crippen molar-refractivity contribution in [2.24, 2.45) is 0 Å². The first-order valence-electron chi connectivity index (χ1n) is 5.53. The van der Waals surface area contributed by atoms with Gasteiger partial charge < -0.3 is 5.11 Å². The average Bonchev–Trinajstić information content (AvgIpc) is 2.27. The lowest BCUT2D eigenvalue weighted by atomic mass is 10.0. The first-order valence-corrected chi connectivity index (χ1v) is 5.53. The van der Waals surface area contributed by atoms with Crippen LogP contribution in [0.25, 0.3) is 0 Å². The molecule has 0 atom stereocenters. The predicted octanol–water partition coefficient (Wildman–Crippen LogP) is 2.16. The van der Waals surface area contributed by atoms with Gasteiger partial charge in [0.2, 0.25) is 0 Å². The first kappa shape index (κ1) is 13.6. The Morgan fingerprint density at radius 1 is 1.41 bits per heavy atom. The topological polar surface area (TPSA) is 40.5 Å². The average molecular weight is 239 g/mol. The van der Waals surface area contributed by atoms with E-state index >= 15 is 0 Å². The molecule has 0 saturated heterocycles. The predicted molar refractivity (Wildman–Crippen MR) is 64.4 cm³/mol. The van der Waals surface area contributed by atoms with Gasteiger partial charge in [-0.2, -0.15) is 0 Å². The molecule has 0 aromatic heterocycles. The lowest BCUT2D eigenvalue weighted by Crippen LogP contribution is -2.48. The highest BCUT2D eigenvalue weighted by atomic mass is 19.1. The minimum absolute atomic E-state index is 0.242. The van der Waals surface area contributed by atoms with Gasteiger partial charge in [-0.1, -0.05) is 18.2 Å². The zero-order valence-corrected chi connectivity index (χ0v) is 10.4. The molecule has 1 aromatic rings. The molecule has 1 aromatic carbocycles. The Morgan fingerprint density at radius 2 is 2.00 bits per heavy atom. The molecule has 1 N–H and O–H groups in total. The maximum absolute atomic E-state index is 13.4. The number of rotatable bonds is 5. The minimum Gasteiger partial charge on any atom is -0.480 e. The summed E-state index contributed by atoms with van der Waals surface area (Å²) >= 11 is 0. The molecule has 1 rings (SSSR count). The fourth-order valence-electron chi connectivity index (χ4n) is 1.43. The molecule has 94 valence electrons. The van der Waals surface area contributed by atoms with Gasteiger partial charge in [0.15, 0.2) is 0 Å². The smallest absolute Gasteiger partial charge is 0.323 e. The van der Waals surface area contributed by atoms with Gasteiger partial charge in [0, 0.05) is 6.54 Å². The molecule has 0 unspecified atom stereocenters. The number of aliphatic carboxylic acids is 1. The summed E-state index contributed by atoms with van der Waals surface area (Å²) < 4.78 is 13.4. The molecule has 0 aliphatic heterocycles. The monoisotopic (exact) mass is 239 g/mol. The Kier molecular flexibility index (Phi) is 4.23. The Labute approximate surface area is 101 Å². The van der Waals surface area contributed by atoms with Crippen LogP contribution < -0.4 is 0 Å². The van der Waals surface area contributed by atoms with Crippen LogP contribution in [0.1, 0.15) is 19.4 Å². The number of carbonyl (C=O) groups is 1. The summed E-state index contributed by atoms with van der Waals surface area (Å²) in [6.07, 6.45) is 0.500. The SMILES string of the molecule is CN(CCc1ccccc1F)C(C)(C)C(=O)O. The van der Waals surface area contributed by atoms with Crippen LogP contribution in [0.2, 0.25) is 0 Å². The highest BCUT2D eigenvalue weighted by Gasteiger charge is 2.31. The Hall–Kier alpha value is -1.42. The Balaban J connectivity index is 2.63. The Bertz CT molecular complexity index is 404. The summed E-state index contributed by atoms with van der Waals surface area (Å²) in [7, 11) is 1.73. The van der Waals surface area contributed by atoms with Crippen LogP contribution in [0.5, 0.6) is 0 Å². The van der Waals surface area contributed by atoms with Gasteiger partial charge in [-0.05, 0) is 38.9 Å². The van der Waals surface area contributed by atoms with Crippen LogP contribution >= 0.6 is 0 Å². The van der Waals surface area contributed by atoms with Crippen LogP contribution in [0.3, 0.4) is 0 Å². The summed E-state index contributed by atoms with van der Waals surface area (Å²) in [5, 5.41) is 9.05. The number of carboxylic acids is 1. The van der Waals surface area contributed by atoms with E-state index in [0.29, 0.717) is 18.5 Å². The van der Waals surface area contributed by atoms with Gasteiger partial charge in [0.05, 0.1) is 0 Å². The van der Waals surface area contributed by atoms with Crippen molar-refractivity contribution in [1.82, 2.24) is 4.90 Å². The summed E-state index contributed by atoms with van der Waals surface area (Å²) in [5.74, 6) is -1.12. The third-order valence-electron chi connectivity index (χ3n) is 3.15. The second-order valence-electron chi connectivity index (χ2n) is 4.63. The molecule has 17 heavy (non-hydrogen) atoms. The van der Waals surface area contributed by atoms with Crippen LogP contribution in [0.4, 0.5) is 4.39 Å². The maximum atomic E-state index is 13.4. The zero-order valence-electron chi connectivity index (χ0n) is 10.4. The van der Waals surface area contributed by atoms with Crippen molar-refractivity contribution in [1.29, 1.82) is 0 Å². The summed E-state index contributed by atoms with van der Waals surface area (Å²) in [6.45, 7) is 3.77. The third kappa shape index (κ3) is 3.27. The van der Waals surface area contributed by atoms with Crippen molar-refractivity contribution in [3.63, 3.8) is 0 Å². The molecule has 0 fully saturated rings. The highest BCUT2D eigenvalue weighted by Crippen LogP contribution is 2.14. The minimum atomic E-state index is -0.939. The molecular formula is C13H18FNO2. The molecular weight excluding hydrogens is 221 g/mol. The number of hydrogen-bond acceptors (Lipinski definition) is 2. The number of carboxylic acid groups (broad SMARTS) is 1. The van der Waals surface area contributed by atoms with Crippen molar-refractivity contribution in [3.05, 3.63) is 35.6 Å². The molecule has 0 heterocycles. The van der Waals surface area contributed by atoms with Gasteiger partial charge in [0.25, 0.3) is 0 Å². The fraction of sp³-hybridized carbons (Fsp3) is 0.462. The van der Waals surface area contributed by atoms with Crippen molar-refractivity contribution >= 4 is 5.97 Å². The molecule has 0 saturated carbocycles. The zero-order chi connectivity index (χ0) is 13.1. The normalized spacial score (nSPS) is 11.8. The van der Waals surface area contributed by atoms with Crippen LogP contribution in [-0.4, -0.2) is 35.1 Å². The molecule has 0 aliphatic carbocycles. The number of nitrogens with zero attached hydrogens (tertiary/aromatic N) is 1. The molecule has 4 heteroatoms. The first-order chi connectivity index (χ1) is 7.85. The van der Waals surface area contributed by atoms with Gasteiger partial charge in [-0.15, -0.1) is 0 Å². The van der Waals surface area contributed by atoms with Crippen molar-refractivity contribution in [3.8, 4) is 0 Å². The number of halogens is 1.